The minimum Gasteiger partial charge on any atom is -0.445 e. The number of rotatable bonds is 6. The first kappa shape index (κ1) is 18.1. The predicted octanol–water partition coefficient (Wildman–Crippen LogP) is 4.17. The minimum absolute atomic E-state index is 0.187. The number of nitrogens with zero attached hydrogens (tertiary/aromatic N) is 1. The lowest BCUT2D eigenvalue weighted by Crippen LogP contribution is -2.24. The first-order valence-corrected chi connectivity index (χ1v) is 7.60. The summed E-state index contributed by atoms with van der Waals surface area (Å²) in [5.74, 6) is -1.80. The van der Waals surface area contributed by atoms with Crippen LogP contribution in [-0.2, 0) is 11.3 Å². The molecule has 0 radical (unpaired) electrons. The summed E-state index contributed by atoms with van der Waals surface area (Å²) in [5, 5.41) is 11.2. The number of nitriles is 1. The summed E-state index contributed by atoms with van der Waals surface area (Å²) in [7, 11) is 0. The second-order valence-corrected chi connectivity index (χ2v) is 5.15. The molecule has 1 amide bonds. The van der Waals surface area contributed by atoms with E-state index in [2.05, 4.69) is 5.32 Å². The van der Waals surface area contributed by atoms with Crippen molar-refractivity contribution < 1.29 is 18.3 Å². The Hall–Kier alpha value is -3.20. The molecule has 0 aliphatic carbocycles. The molecular weight excluding hydrogens is 326 g/mol. The molecule has 4 nitrogen and oxygen atoms in total. The fourth-order valence-corrected chi connectivity index (χ4v) is 2.05. The predicted molar refractivity (Wildman–Crippen MR) is 89.4 cm³/mol. The zero-order chi connectivity index (χ0) is 18.1. The number of ether oxygens (including phenoxy) is 1. The van der Waals surface area contributed by atoms with Crippen LogP contribution >= 0.6 is 0 Å². The van der Waals surface area contributed by atoms with E-state index in [9.17, 15) is 13.6 Å². The third-order valence-electron chi connectivity index (χ3n) is 3.28. The zero-order valence-electron chi connectivity index (χ0n) is 13.3. The summed E-state index contributed by atoms with van der Waals surface area (Å²) < 4.78 is 31.9. The zero-order valence-corrected chi connectivity index (χ0v) is 13.3. The van der Waals surface area contributed by atoms with Crippen molar-refractivity contribution in [3.8, 4) is 6.07 Å². The van der Waals surface area contributed by atoms with E-state index in [1.165, 1.54) is 12.1 Å². The maximum atomic E-state index is 13.4. The van der Waals surface area contributed by atoms with Crippen LogP contribution in [-0.4, -0.2) is 12.6 Å². The molecule has 0 saturated carbocycles. The fraction of sp³-hybridized carbons (Fsp3) is 0.158. The van der Waals surface area contributed by atoms with Gasteiger partial charge >= 0.3 is 6.09 Å². The smallest absolute Gasteiger partial charge is 0.407 e. The van der Waals surface area contributed by atoms with Crippen molar-refractivity contribution in [3.63, 3.8) is 0 Å². The molecule has 1 N–H and O–H groups in total. The topological polar surface area (TPSA) is 62.1 Å². The normalized spacial score (nSPS) is 10.4. The highest BCUT2D eigenvalue weighted by Gasteiger charge is 2.09. The van der Waals surface area contributed by atoms with E-state index in [0.29, 0.717) is 18.5 Å². The lowest BCUT2D eigenvalue weighted by molar-refractivity contribution is 0.140. The first-order chi connectivity index (χ1) is 12.1. The maximum absolute atomic E-state index is 13.4. The molecule has 0 atom stereocenters. The minimum atomic E-state index is -0.898. The highest BCUT2D eigenvalue weighted by molar-refractivity contribution is 5.67. The monoisotopic (exact) mass is 342 g/mol. The van der Waals surface area contributed by atoms with E-state index < -0.39 is 23.3 Å². The van der Waals surface area contributed by atoms with Crippen molar-refractivity contribution in [2.45, 2.75) is 13.0 Å². The van der Waals surface area contributed by atoms with Crippen LogP contribution in [0, 0.1) is 23.0 Å². The van der Waals surface area contributed by atoms with Gasteiger partial charge in [0.2, 0.25) is 0 Å². The molecule has 0 saturated heterocycles. The van der Waals surface area contributed by atoms with Crippen LogP contribution in [0.15, 0.2) is 48.5 Å². The third-order valence-corrected chi connectivity index (χ3v) is 3.28. The lowest BCUT2D eigenvalue weighted by Gasteiger charge is -2.05. The molecule has 0 aliphatic heterocycles. The Kier molecular flexibility index (Phi) is 6.66. The molecule has 25 heavy (non-hydrogen) atoms. The van der Waals surface area contributed by atoms with Gasteiger partial charge in [0, 0.05) is 6.54 Å². The van der Waals surface area contributed by atoms with E-state index in [0.717, 1.165) is 17.7 Å². The average molecular weight is 342 g/mol. The summed E-state index contributed by atoms with van der Waals surface area (Å²) in [6.45, 7) is 0.512. The summed E-state index contributed by atoms with van der Waals surface area (Å²) in [6.07, 6.45) is 3.11. The number of amides is 1. The summed E-state index contributed by atoms with van der Waals surface area (Å²) in [5.41, 5.74) is 0.600. The van der Waals surface area contributed by atoms with E-state index >= 15 is 0 Å². The second kappa shape index (κ2) is 9.18. The van der Waals surface area contributed by atoms with Gasteiger partial charge in [-0.15, -0.1) is 0 Å². The van der Waals surface area contributed by atoms with Crippen molar-refractivity contribution in [1.82, 2.24) is 5.32 Å². The highest BCUT2D eigenvalue weighted by atomic mass is 19.1. The van der Waals surface area contributed by atoms with Gasteiger partial charge < -0.3 is 10.1 Å². The van der Waals surface area contributed by atoms with E-state index in [1.54, 1.807) is 6.08 Å². The van der Waals surface area contributed by atoms with Crippen molar-refractivity contribution in [1.29, 1.82) is 5.26 Å². The fourth-order valence-electron chi connectivity index (χ4n) is 2.05. The number of carbonyl (C=O) groups excluding carboxylic acids is 1. The molecule has 2 aromatic carbocycles. The second-order valence-electron chi connectivity index (χ2n) is 5.15. The Labute approximate surface area is 144 Å². The number of nitrogens with one attached hydrogen (secondary N) is 1. The summed E-state index contributed by atoms with van der Waals surface area (Å²) in [6, 6.07) is 12.9. The quantitative estimate of drug-likeness (QED) is 0.802. The number of halogens is 2. The van der Waals surface area contributed by atoms with Gasteiger partial charge in [0.1, 0.15) is 29.9 Å². The number of carbonyl (C=O) groups is 1. The summed E-state index contributed by atoms with van der Waals surface area (Å²) >= 11 is 0. The largest absolute Gasteiger partial charge is 0.445 e. The molecule has 128 valence electrons. The van der Waals surface area contributed by atoms with Crippen molar-refractivity contribution in [2.24, 2.45) is 0 Å². The standard InChI is InChI=1S/C19H16F2N2O2/c20-17-10-15(11-18(21)16(17)12-22)8-4-5-9-23-19(24)25-13-14-6-2-1-3-7-14/h1-4,6-8,10-11H,5,9,13H2,(H,23,24). The summed E-state index contributed by atoms with van der Waals surface area (Å²) in [4.78, 5) is 11.5. The molecule has 6 heteroatoms. The SMILES string of the molecule is N#Cc1c(F)cc(C=CCCNC(=O)OCc2ccccc2)cc1F. The number of benzene rings is 2. The molecule has 0 aromatic heterocycles. The van der Waals surface area contributed by atoms with Crippen LogP contribution in [0.5, 0.6) is 0 Å². The Morgan fingerprint density at radius 3 is 2.52 bits per heavy atom. The van der Waals surface area contributed by atoms with Crippen molar-refractivity contribution >= 4 is 12.2 Å². The van der Waals surface area contributed by atoms with E-state index in [1.807, 2.05) is 30.3 Å². The van der Waals surface area contributed by atoms with Crippen LogP contribution in [0.4, 0.5) is 13.6 Å². The molecule has 0 bridgehead atoms. The van der Waals surface area contributed by atoms with Gasteiger partial charge in [-0.3, -0.25) is 0 Å². The van der Waals surface area contributed by atoms with Crippen molar-refractivity contribution in [3.05, 3.63) is 76.9 Å². The Balaban J connectivity index is 1.73. The van der Waals surface area contributed by atoms with Crippen LogP contribution < -0.4 is 5.32 Å². The van der Waals surface area contributed by atoms with Gasteiger partial charge in [-0.1, -0.05) is 42.5 Å². The number of alkyl carbamates (subject to hydrolysis) is 1. The Bertz CT molecular complexity index is 776. The molecular formula is C19H16F2N2O2. The van der Waals surface area contributed by atoms with Gasteiger partial charge in [-0.2, -0.15) is 5.26 Å². The van der Waals surface area contributed by atoms with Gasteiger partial charge in [-0.05, 0) is 29.7 Å². The van der Waals surface area contributed by atoms with E-state index in [-0.39, 0.29) is 6.61 Å². The van der Waals surface area contributed by atoms with Crippen LogP contribution in [0.3, 0.4) is 0 Å². The molecule has 0 unspecified atom stereocenters. The Morgan fingerprint density at radius 2 is 1.88 bits per heavy atom. The van der Waals surface area contributed by atoms with Crippen LogP contribution in [0.1, 0.15) is 23.1 Å². The Morgan fingerprint density at radius 1 is 1.20 bits per heavy atom. The first-order valence-electron chi connectivity index (χ1n) is 7.60. The highest BCUT2D eigenvalue weighted by Crippen LogP contribution is 2.15. The van der Waals surface area contributed by atoms with E-state index in [4.69, 9.17) is 10.00 Å². The number of hydrogen-bond acceptors (Lipinski definition) is 3. The maximum Gasteiger partial charge on any atom is 0.407 e. The molecule has 2 aromatic rings. The third kappa shape index (κ3) is 5.74. The molecule has 0 fully saturated rings. The van der Waals surface area contributed by atoms with Gasteiger partial charge in [-0.25, -0.2) is 13.6 Å². The van der Waals surface area contributed by atoms with Crippen LogP contribution in [0.25, 0.3) is 6.08 Å². The molecule has 0 spiro atoms. The molecule has 2 rings (SSSR count). The van der Waals surface area contributed by atoms with Gasteiger partial charge in [0.05, 0.1) is 0 Å². The lowest BCUT2D eigenvalue weighted by atomic mass is 10.1. The van der Waals surface area contributed by atoms with Gasteiger partial charge in [0.25, 0.3) is 0 Å². The van der Waals surface area contributed by atoms with Gasteiger partial charge in [0.15, 0.2) is 0 Å². The van der Waals surface area contributed by atoms with Crippen molar-refractivity contribution in [2.75, 3.05) is 6.54 Å². The average Bonchev–Trinajstić information content (AvgIpc) is 2.60. The van der Waals surface area contributed by atoms with Crippen LogP contribution in [0.2, 0.25) is 0 Å². The molecule has 0 heterocycles. The molecule has 0 aliphatic rings. The number of hydrogen-bond donors (Lipinski definition) is 1.